The van der Waals surface area contributed by atoms with E-state index in [4.69, 9.17) is 4.42 Å². The zero-order chi connectivity index (χ0) is 22.7. The summed E-state index contributed by atoms with van der Waals surface area (Å²) in [5.74, 6) is -0.936. The van der Waals surface area contributed by atoms with Crippen molar-refractivity contribution in [3.8, 4) is 0 Å². The van der Waals surface area contributed by atoms with Gasteiger partial charge in [0.15, 0.2) is 4.90 Å². The molecule has 8 heteroatoms. The van der Waals surface area contributed by atoms with Crippen LogP contribution in [0.25, 0.3) is 11.0 Å². The Labute approximate surface area is 183 Å². The standard InChI is InChI=1S/C24H18FNO5S/c25-19-7-9-20(10-8-19)32(29,30)22-15-18-14-17(6-11-21(18)31-24(22)28)23(27)26-13-12-16-4-2-1-3-5-16/h1-11,14-15H,12-13H2,(H,26,27). The van der Waals surface area contributed by atoms with Crippen LogP contribution in [-0.4, -0.2) is 20.9 Å². The van der Waals surface area contributed by atoms with Gasteiger partial charge in [0.1, 0.15) is 11.4 Å². The molecule has 4 rings (SSSR count). The molecular formula is C24H18FNO5S. The third kappa shape index (κ3) is 4.45. The fourth-order valence-corrected chi connectivity index (χ4v) is 4.53. The van der Waals surface area contributed by atoms with Gasteiger partial charge in [-0.15, -0.1) is 0 Å². The number of benzene rings is 3. The maximum Gasteiger partial charge on any atom is 0.355 e. The van der Waals surface area contributed by atoms with Gasteiger partial charge in [0.05, 0.1) is 4.90 Å². The van der Waals surface area contributed by atoms with Gasteiger partial charge in [-0.05, 0) is 60.5 Å². The summed E-state index contributed by atoms with van der Waals surface area (Å²) in [5, 5.41) is 3.09. The maximum absolute atomic E-state index is 13.2. The molecule has 0 saturated heterocycles. The van der Waals surface area contributed by atoms with Gasteiger partial charge in [-0.3, -0.25) is 4.79 Å². The van der Waals surface area contributed by atoms with Crippen LogP contribution in [0.2, 0.25) is 0 Å². The van der Waals surface area contributed by atoms with E-state index in [0.717, 1.165) is 29.8 Å². The molecule has 0 atom stereocenters. The Hall–Kier alpha value is -3.78. The Balaban J connectivity index is 1.61. The lowest BCUT2D eigenvalue weighted by Crippen LogP contribution is -2.25. The highest BCUT2D eigenvalue weighted by molar-refractivity contribution is 7.91. The highest BCUT2D eigenvalue weighted by Gasteiger charge is 2.23. The first-order valence-corrected chi connectivity index (χ1v) is 11.2. The van der Waals surface area contributed by atoms with Crippen molar-refractivity contribution in [2.75, 3.05) is 6.54 Å². The third-order valence-corrected chi connectivity index (χ3v) is 6.67. The van der Waals surface area contributed by atoms with Crippen LogP contribution >= 0.6 is 0 Å². The van der Waals surface area contributed by atoms with Gasteiger partial charge in [-0.25, -0.2) is 17.6 Å². The van der Waals surface area contributed by atoms with Gasteiger partial charge < -0.3 is 9.73 Å². The molecule has 0 saturated carbocycles. The molecule has 3 aromatic carbocycles. The number of amides is 1. The molecular weight excluding hydrogens is 433 g/mol. The van der Waals surface area contributed by atoms with Crippen molar-refractivity contribution in [1.82, 2.24) is 5.32 Å². The van der Waals surface area contributed by atoms with E-state index in [2.05, 4.69) is 5.32 Å². The minimum Gasteiger partial charge on any atom is -0.422 e. The lowest BCUT2D eigenvalue weighted by atomic mass is 10.1. The molecule has 0 aliphatic rings. The largest absolute Gasteiger partial charge is 0.422 e. The number of carbonyl (C=O) groups excluding carboxylic acids is 1. The van der Waals surface area contributed by atoms with Crippen LogP contribution in [0.15, 0.2) is 97.9 Å². The maximum atomic E-state index is 13.2. The van der Waals surface area contributed by atoms with Crippen molar-refractivity contribution < 1.29 is 22.0 Å². The van der Waals surface area contributed by atoms with Crippen LogP contribution in [0.4, 0.5) is 4.39 Å². The first-order chi connectivity index (χ1) is 15.3. The number of fused-ring (bicyclic) bond motifs is 1. The summed E-state index contributed by atoms with van der Waals surface area (Å²) >= 11 is 0. The smallest absolute Gasteiger partial charge is 0.355 e. The summed E-state index contributed by atoms with van der Waals surface area (Å²) in [4.78, 5) is 24.0. The number of sulfone groups is 1. The summed E-state index contributed by atoms with van der Waals surface area (Å²) in [5.41, 5.74) is 0.490. The van der Waals surface area contributed by atoms with Crippen LogP contribution in [0.3, 0.4) is 0 Å². The average molecular weight is 451 g/mol. The average Bonchev–Trinajstić information content (AvgIpc) is 2.79. The molecule has 0 bridgehead atoms. The topological polar surface area (TPSA) is 93.4 Å². The molecule has 0 spiro atoms. The molecule has 6 nitrogen and oxygen atoms in total. The van der Waals surface area contributed by atoms with E-state index in [1.807, 2.05) is 30.3 Å². The molecule has 0 aliphatic heterocycles. The van der Waals surface area contributed by atoms with Crippen molar-refractivity contribution in [3.63, 3.8) is 0 Å². The van der Waals surface area contributed by atoms with E-state index >= 15 is 0 Å². The lowest BCUT2D eigenvalue weighted by Gasteiger charge is -2.08. The van der Waals surface area contributed by atoms with E-state index in [0.29, 0.717) is 18.5 Å². The Bertz CT molecular complexity index is 1450. The van der Waals surface area contributed by atoms with E-state index < -0.39 is 26.2 Å². The molecule has 0 unspecified atom stereocenters. The van der Waals surface area contributed by atoms with E-state index in [1.165, 1.54) is 24.3 Å². The number of rotatable bonds is 6. The highest BCUT2D eigenvalue weighted by atomic mass is 32.2. The van der Waals surface area contributed by atoms with Gasteiger partial charge in [0.25, 0.3) is 5.91 Å². The van der Waals surface area contributed by atoms with Crippen molar-refractivity contribution in [2.24, 2.45) is 0 Å². The minimum atomic E-state index is -4.23. The second-order valence-corrected chi connectivity index (χ2v) is 9.02. The van der Waals surface area contributed by atoms with E-state index in [-0.39, 0.29) is 21.8 Å². The van der Waals surface area contributed by atoms with Crippen molar-refractivity contribution >= 4 is 26.7 Å². The summed E-state index contributed by atoms with van der Waals surface area (Å²) in [7, 11) is -4.23. The summed E-state index contributed by atoms with van der Waals surface area (Å²) < 4.78 is 44.0. The molecule has 32 heavy (non-hydrogen) atoms. The number of nitrogens with one attached hydrogen (secondary N) is 1. The van der Waals surface area contributed by atoms with Crippen molar-refractivity contribution in [2.45, 2.75) is 16.2 Å². The molecule has 162 valence electrons. The first-order valence-electron chi connectivity index (χ1n) is 9.75. The van der Waals surface area contributed by atoms with Gasteiger partial charge in [0.2, 0.25) is 9.84 Å². The molecule has 1 heterocycles. The Morgan fingerprint density at radius 2 is 1.66 bits per heavy atom. The third-order valence-electron chi connectivity index (χ3n) is 4.92. The first kappa shape index (κ1) is 21.5. The number of hydrogen-bond acceptors (Lipinski definition) is 5. The number of carbonyl (C=O) groups is 1. The van der Waals surface area contributed by atoms with Crippen LogP contribution in [0.1, 0.15) is 15.9 Å². The molecule has 0 aliphatic carbocycles. The predicted octanol–water partition coefficient (Wildman–Crippen LogP) is 3.74. The second kappa shape index (κ2) is 8.76. The van der Waals surface area contributed by atoms with Crippen LogP contribution in [0.5, 0.6) is 0 Å². The van der Waals surface area contributed by atoms with Gasteiger partial charge >= 0.3 is 5.63 Å². The van der Waals surface area contributed by atoms with Gasteiger partial charge in [0, 0.05) is 17.5 Å². The summed E-state index contributed by atoms with van der Waals surface area (Å²) in [6.45, 7) is 0.426. The number of halogens is 1. The molecule has 4 aromatic rings. The summed E-state index contributed by atoms with van der Waals surface area (Å²) in [6, 6.07) is 19.4. The van der Waals surface area contributed by atoms with Gasteiger partial charge in [-0.1, -0.05) is 30.3 Å². The Morgan fingerprint density at radius 1 is 0.938 bits per heavy atom. The number of hydrogen-bond donors (Lipinski definition) is 1. The SMILES string of the molecule is O=C(NCCc1ccccc1)c1ccc2oc(=O)c(S(=O)(=O)c3ccc(F)cc3)cc2c1. The molecule has 1 amide bonds. The monoisotopic (exact) mass is 451 g/mol. The Kier molecular flexibility index (Phi) is 5.87. The van der Waals surface area contributed by atoms with Crippen LogP contribution in [0, 0.1) is 5.82 Å². The Morgan fingerprint density at radius 3 is 2.38 bits per heavy atom. The second-order valence-electron chi connectivity index (χ2n) is 7.10. The van der Waals surface area contributed by atoms with Crippen LogP contribution < -0.4 is 10.9 Å². The molecule has 1 N–H and O–H groups in total. The zero-order valence-electron chi connectivity index (χ0n) is 16.7. The lowest BCUT2D eigenvalue weighted by molar-refractivity contribution is 0.0954. The fraction of sp³-hybridized carbons (Fsp3) is 0.0833. The van der Waals surface area contributed by atoms with E-state index in [9.17, 15) is 22.4 Å². The van der Waals surface area contributed by atoms with Crippen LogP contribution in [-0.2, 0) is 16.3 Å². The normalized spacial score (nSPS) is 11.4. The zero-order valence-corrected chi connectivity index (χ0v) is 17.6. The van der Waals surface area contributed by atoms with E-state index in [1.54, 1.807) is 0 Å². The molecule has 0 fully saturated rings. The minimum absolute atomic E-state index is 0.147. The fourth-order valence-electron chi connectivity index (χ4n) is 3.24. The molecule has 1 aromatic heterocycles. The summed E-state index contributed by atoms with van der Waals surface area (Å²) in [6.07, 6.45) is 0.662. The van der Waals surface area contributed by atoms with Crippen molar-refractivity contribution in [3.05, 3.63) is 106 Å². The highest BCUT2D eigenvalue weighted by Crippen LogP contribution is 2.23. The predicted molar refractivity (Wildman–Crippen MR) is 117 cm³/mol. The quantitative estimate of drug-likeness (QED) is 0.356. The van der Waals surface area contributed by atoms with Crippen molar-refractivity contribution in [1.29, 1.82) is 0 Å². The van der Waals surface area contributed by atoms with Gasteiger partial charge in [-0.2, -0.15) is 0 Å². The molecule has 0 radical (unpaired) electrons.